The van der Waals surface area contributed by atoms with Crippen molar-refractivity contribution in [1.82, 2.24) is 10.2 Å². The molecule has 0 unspecified atom stereocenters. The Hall–Kier alpha value is -0.930. The third-order valence-corrected chi connectivity index (χ3v) is 3.36. The topological polar surface area (TPSA) is 15.3 Å². The molecule has 3 heteroatoms. The van der Waals surface area contributed by atoms with Gasteiger partial charge in [-0.25, -0.2) is 4.39 Å². The maximum absolute atomic E-state index is 13.7. The summed E-state index contributed by atoms with van der Waals surface area (Å²) >= 11 is 0. The maximum Gasteiger partial charge on any atom is 0.127 e. The van der Waals surface area contributed by atoms with Gasteiger partial charge in [-0.15, -0.1) is 0 Å². The zero-order valence-electron chi connectivity index (χ0n) is 10.7. The average Bonchev–Trinajstić information content (AvgIpc) is 2.21. The lowest BCUT2D eigenvalue weighted by molar-refractivity contribution is 0.136. The van der Waals surface area contributed by atoms with Crippen LogP contribution >= 0.6 is 0 Å². The molecule has 0 atom stereocenters. The Balaban J connectivity index is 2.07. The minimum Gasteiger partial charge on any atom is -0.314 e. The Morgan fingerprint density at radius 2 is 2.18 bits per heavy atom. The first kappa shape index (κ1) is 12.5. The lowest BCUT2D eigenvalue weighted by atomic mass is 10.1. The van der Waals surface area contributed by atoms with Crippen LogP contribution in [0.3, 0.4) is 0 Å². The smallest absolute Gasteiger partial charge is 0.127 e. The molecular weight excluding hydrogens is 215 g/mol. The normalized spacial score (nSPS) is 16.2. The summed E-state index contributed by atoms with van der Waals surface area (Å²) in [6.07, 6.45) is 1.12. The number of benzene rings is 1. The fourth-order valence-corrected chi connectivity index (χ4v) is 2.25. The summed E-state index contributed by atoms with van der Waals surface area (Å²) in [4.78, 5) is 2.38. The molecule has 1 aromatic rings. The molecule has 0 amide bonds. The molecule has 1 heterocycles. The first-order chi connectivity index (χ1) is 8.20. The molecule has 0 radical (unpaired) electrons. The summed E-state index contributed by atoms with van der Waals surface area (Å²) < 4.78 is 13.7. The summed E-state index contributed by atoms with van der Waals surface area (Å²) in [5.74, 6) is -0.0796. The molecule has 1 aromatic carbocycles. The van der Waals surface area contributed by atoms with Gasteiger partial charge in [0, 0.05) is 31.2 Å². The molecule has 1 aliphatic rings. The Kier molecular flexibility index (Phi) is 4.13. The van der Waals surface area contributed by atoms with Crippen molar-refractivity contribution >= 4 is 0 Å². The number of hydrogen-bond donors (Lipinski definition) is 1. The van der Waals surface area contributed by atoms with E-state index in [9.17, 15) is 4.39 Å². The van der Waals surface area contributed by atoms with E-state index in [0.717, 1.165) is 43.7 Å². The molecule has 17 heavy (non-hydrogen) atoms. The Morgan fingerprint density at radius 3 is 2.76 bits per heavy atom. The number of halogens is 1. The zero-order chi connectivity index (χ0) is 12.3. The molecule has 1 aliphatic heterocycles. The Bertz CT molecular complexity index is 374. The number of nitrogens with zero attached hydrogens (tertiary/aromatic N) is 1. The van der Waals surface area contributed by atoms with Crippen molar-refractivity contribution in [3.8, 4) is 0 Å². The van der Waals surface area contributed by atoms with Crippen LogP contribution in [0.4, 0.5) is 4.39 Å². The maximum atomic E-state index is 13.7. The van der Waals surface area contributed by atoms with Gasteiger partial charge in [0.15, 0.2) is 0 Å². The second-order valence-electron chi connectivity index (χ2n) is 4.88. The standard InChI is InChI=1S/C14H21FN2/c1-3-6-17(13-8-16-9-13)10-12-7-11(2)4-5-14(12)15/h4-5,7,13,16H,3,6,8-10H2,1-2H3. The van der Waals surface area contributed by atoms with Crippen molar-refractivity contribution in [2.75, 3.05) is 19.6 Å². The van der Waals surface area contributed by atoms with Crippen molar-refractivity contribution in [2.45, 2.75) is 32.9 Å². The molecule has 0 saturated carbocycles. The summed E-state index contributed by atoms with van der Waals surface area (Å²) in [6, 6.07) is 5.95. The second-order valence-corrected chi connectivity index (χ2v) is 4.88. The van der Waals surface area contributed by atoms with E-state index in [2.05, 4.69) is 17.1 Å². The van der Waals surface area contributed by atoms with Crippen molar-refractivity contribution in [3.05, 3.63) is 35.1 Å². The van der Waals surface area contributed by atoms with Gasteiger partial charge >= 0.3 is 0 Å². The third-order valence-electron chi connectivity index (χ3n) is 3.36. The first-order valence-corrected chi connectivity index (χ1v) is 6.40. The van der Waals surface area contributed by atoms with Gasteiger partial charge in [-0.2, -0.15) is 0 Å². The fourth-order valence-electron chi connectivity index (χ4n) is 2.25. The van der Waals surface area contributed by atoms with Crippen LogP contribution in [0.1, 0.15) is 24.5 Å². The summed E-state index contributed by atoms with van der Waals surface area (Å²) in [7, 11) is 0. The summed E-state index contributed by atoms with van der Waals surface area (Å²) in [6.45, 7) is 8.03. The van der Waals surface area contributed by atoms with Crippen LogP contribution in [0, 0.1) is 12.7 Å². The molecule has 0 bridgehead atoms. The molecular formula is C14H21FN2. The van der Waals surface area contributed by atoms with Gasteiger partial charge in [0.1, 0.15) is 5.82 Å². The molecule has 1 saturated heterocycles. The fraction of sp³-hybridized carbons (Fsp3) is 0.571. The highest BCUT2D eigenvalue weighted by Gasteiger charge is 2.24. The van der Waals surface area contributed by atoms with Crippen LogP contribution < -0.4 is 5.32 Å². The zero-order valence-corrected chi connectivity index (χ0v) is 10.7. The van der Waals surface area contributed by atoms with Crippen molar-refractivity contribution in [2.24, 2.45) is 0 Å². The second kappa shape index (κ2) is 5.61. The summed E-state index contributed by atoms with van der Waals surface area (Å²) in [5, 5.41) is 3.28. The van der Waals surface area contributed by atoms with E-state index in [0.29, 0.717) is 6.04 Å². The quantitative estimate of drug-likeness (QED) is 0.844. The van der Waals surface area contributed by atoms with E-state index in [1.807, 2.05) is 19.1 Å². The summed E-state index contributed by atoms with van der Waals surface area (Å²) in [5.41, 5.74) is 1.95. The molecule has 2 nitrogen and oxygen atoms in total. The van der Waals surface area contributed by atoms with E-state index in [4.69, 9.17) is 0 Å². The highest BCUT2D eigenvalue weighted by molar-refractivity contribution is 5.24. The Labute approximate surface area is 103 Å². The molecule has 0 aromatic heterocycles. The highest BCUT2D eigenvalue weighted by Crippen LogP contribution is 2.16. The van der Waals surface area contributed by atoms with Crippen LogP contribution in [0.25, 0.3) is 0 Å². The average molecular weight is 236 g/mol. The molecule has 0 aliphatic carbocycles. The van der Waals surface area contributed by atoms with Crippen LogP contribution in [0.2, 0.25) is 0 Å². The largest absolute Gasteiger partial charge is 0.314 e. The molecule has 1 fully saturated rings. The molecule has 0 spiro atoms. The van der Waals surface area contributed by atoms with Crippen LogP contribution in [-0.2, 0) is 6.54 Å². The number of rotatable bonds is 5. The highest BCUT2D eigenvalue weighted by atomic mass is 19.1. The van der Waals surface area contributed by atoms with E-state index >= 15 is 0 Å². The predicted octanol–water partition coefficient (Wildman–Crippen LogP) is 2.32. The van der Waals surface area contributed by atoms with E-state index in [1.165, 1.54) is 0 Å². The van der Waals surface area contributed by atoms with E-state index < -0.39 is 0 Å². The van der Waals surface area contributed by atoms with Crippen molar-refractivity contribution in [3.63, 3.8) is 0 Å². The van der Waals surface area contributed by atoms with Gasteiger partial charge in [0.25, 0.3) is 0 Å². The van der Waals surface area contributed by atoms with Gasteiger partial charge in [-0.1, -0.05) is 24.6 Å². The minimum absolute atomic E-state index is 0.0796. The van der Waals surface area contributed by atoms with Crippen LogP contribution in [0.5, 0.6) is 0 Å². The number of nitrogens with one attached hydrogen (secondary N) is 1. The lowest BCUT2D eigenvalue weighted by Gasteiger charge is -2.38. The lowest BCUT2D eigenvalue weighted by Crippen LogP contribution is -2.57. The Morgan fingerprint density at radius 1 is 1.41 bits per heavy atom. The predicted molar refractivity (Wildman–Crippen MR) is 68.5 cm³/mol. The minimum atomic E-state index is -0.0796. The first-order valence-electron chi connectivity index (χ1n) is 6.40. The van der Waals surface area contributed by atoms with Crippen molar-refractivity contribution in [1.29, 1.82) is 0 Å². The molecule has 2 rings (SSSR count). The van der Waals surface area contributed by atoms with Gasteiger partial charge < -0.3 is 5.32 Å². The molecule has 1 N–H and O–H groups in total. The molecule has 94 valence electrons. The van der Waals surface area contributed by atoms with Gasteiger partial charge in [-0.05, 0) is 26.0 Å². The van der Waals surface area contributed by atoms with Gasteiger partial charge in [0.05, 0.1) is 0 Å². The third kappa shape index (κ3) is 3.05. The van der Waals surface area contributed by atoms with Gasteiger partial charge in [0.2, 0.25) is 0 Å². The van der Waals surface area contributed by atoms with Crippen LogP contribution in [-0.4, -0.2) is 30.6 Å². The van der Waals surface area contributed by atoms with E-state index in [-0.39, 0.29) is 5.82 Å². The monoisotopic (exact) mass is 236 g/mol. The number of aryl methyl sites for hydroxylation is 1. The van der Waals surface area contributed by atoms with Gasteiger partial charge in [-0.3, -0.25) is 4.90 Å². The van der Waals surface area contributed by atoms with E-state index in [1.54, 1.807) is 6.07 Å². The van der Waals surface area contributed by atoms with Crippen molar-refractivity contribution < 1.29 is 4.39 Å². The van der Waals surface area contributed by atoms with Crippen LogP contribution in [0.15, 0.2) is 18.2 Å². The SMILES string of the molecule is CCCN(Cc1cc(C)ccc1F)C1CNC1. The number of hydrogen-bond acceptors (Lipinski definition) is 2.